The molecule has 0 unspecified atom stereocenters. The molecule has 6 nitrogen and oxygen atoms in total. The summed E-state index contributed by atoms with van der Waals surface area (Å²) in [6, 6.07) is 14.4. The molecular formula is C23H25ClN2O4. The molecular weight excluding hydrogens is 404 g/mol. The van der Waals surface area contributed by atoms with E-state index in [4.69, 9.17) is 21.4 Å². The Morgan fingerprint density at radius 1 is 1.10 bits per heavy atom. The summed E-state index contributed by atoms with van der Waals surface area (Å²) in [6.45, 7) is 2.90. The minimum atomic E-state index is -0.945. The molecule has 0 radical (unpaired) electrons. The third kappa shape index (κ3) is 5.40. The summed E-state index contributed by atoms with van der Waals surface area (Å²) < 4.78 is 7.78. The maximum Gasteiger partial charge on any atom is 0.335 e. The van der Waals surface area contributed by atoms with Crippen molar-refractivity contribution in [2.45, 2.75) is 45.9 Å². The van der Waals surface area contributed by atoms with Crippen molar-refractivity contribution in [2.24, 2.45) is 0 Å². The molecule has 0 atom stereocenters. The fourth-order valence-electron chi connectivity index (χ4n) is 3.15. The zero-order valence-corrected chi connectivity index (χ0v) is 17.6. The molecule has 0 saturated heterocycles. The lowest BCUT2D eigenvalue weighted by molar-refractivity contribution is 0.0697. The Labute approximate surface area is 180 Å². The van der Waals surface area contributed by atoms with E-state index in [0.717, 1.165) is 42.0 Å². The molecule has 0 bridgehead atoms. The van der Waals surface area contributed by atoms with Crippen LogP contribution in [0.3, 0.4) is 0 Å². The number of aromatic carboxylic acids is 1. The number of benzene rings is 2. The van der Waals surface area contributed by atoms with Crippen molar-refractivity contribution in [1.29, 1.82) is 0 Å². The van der Waals surface area contributed by atoms with E-state index >= 15 is 0 Å². The second-order valence-corrected chi connectivity index (χ2v) is 7.41. The molecule has 0 aliphatic rings. The van der Waals surface area contributed by atoms with Crippen molar-refractivity contribution in [1.82, 2.24) is 9.55 Å². The van der Waals surface area contributed by atoms with Crippen LogP contribution in [0.1, 0.15) is 52.8 Å². The quantitative estimate of drug-likeness (QED) is 0.489. The van der Waals surface area contributed by atoms with E-state index in [1.807, 2.05) is 28.8 Å². The van der Waals surface area contributed by atoms with Crippen LogP contribution in [0.15, 0.2) is 48.5 Å². The predicted octanol–water partition coefficient (Wildman–Crippen LogP) is 4.70. The molecule has 0 aliphatic heterocycles. The van der Waals surface area contributed by atoms with Gasteiger partial charge in [-0.05, 0) is 41.8 Å². The number of rotatable bonds is 10. The van der Waals surface area contributed by atoms with E-state index in [0.29, 0.717) is 24.0 Å². The van der Waals surface area contributed by atoms with Gasteiger partial charge in [0.1, 0.15) is 18.2 Å². The van der Waals surface area contributed by atoms with Crippen molar-refractivity contribution >= 4 is 17.6 Å². The van der Waals surface area contributed by atoms with Crippen molar-refractivity contribution in [3.8, 4) is 5.75 Å². The van der Waals surface area contributed by atoms with Gasteiger partial charge in [-0.1, -0.05) is 49.2 Å². The fraction of sp³-hybridized carbons (Fsp3) is 0.304. The molecule has 3 rings (SSSR count). The molecule has 158 valence electrons. The van der Waals surface area contributed by atoms with Crippen LogP contribution in [0.25, 0.3) is 0 Å². The molecule has 2 N–H and O–H groups in total. The highest BCUT2D eigenvalue weighted by molar-refractivity contribution is 6.30. The molecule has 3 aromatic rings. The lowest BCUT2D eigenvalue weighted by Gasteiger charge is -2.12. The largest absolute Gasteiger partial charge is 0.489 e. The van der Waals surface area contributed by atoms with E-state index in [-0.39, 0.29) is 12.2 Å². The van der Waals surface area contributed by atoms with E-state index in [1.165, 1.54) is 0 Å². The highest BCUT2D eigenvalue weighted by atomic mass is 35.5. The lowest BCUT2D eigenvalue weighted by atomic mass is 10.1. The third-order valence-electron chi connectivity index (χ3n) is 4.88. The summed E-state index contributed by atoms with van der Waals surface area (Å²) in [6.07, 6.45) is 2.89. The van der Waals surface area contributed by atoms with Crippen molar-refractivity contribution in [2.75, 3.05) is 0 Å². The average Bonchev–Trinajstić information content (AvgIpc) is 3.05. The molecule has 0 amide bonds. The zero-order chi connectivity index (χ0) is 21.5. The van der Waals surface area contributed by atoms with Crippen LogP contribution in [0.4, 0.5) is 0 Å². The third-order valence-corrected chi connectivity index (χ3v) is 5.18. The summed E-state index contributed by atoms with van der Waals surface area (Å²) in [5, 5.41) is 19.0. The Kier molecular flexibility index (Phi) is 7.49. The normalized spacial score (nSPS) is 10.9. The minimum Gasteiger partial charge on any atom is -0.489 e. The standard InChI is InChI=1S/C23H25ClN2O4/c1-2-3-4-21-25-22(24)20(14-27)26(21)13-16-7-11-19(12-8-16)30-15-17-5-9-18(10-6-17)23(28)29/h5-12,27H,2-4,13-15H2,1H3,(H,28,29). The number of halogens is 1. The van der Waals surface area contributed by atoms with Gasteiger partial charge in [-0.2, -0.15) is 0 Å². The second-order valence-electron chi connectivity index (χ2n) is 7.05. The topological polar surface area (TPSA) is 84.6 Å². The van der Waals surface area contributed by atoms with Gasteiger partial charge in [-0.15, -0.1) is 0 Å². The number of aryl methyl sites for hydroxylation is 1. The van der Waals surface area contributed by atoms with Crippen molar-refractivity contribution < 1.29 is 19.7 Å². The fourth-order valence-corrected chi connectivity index (χ4v) is 3.41. The van der Waals surface area contributed by atoms with Crippen LogP contribution >= 0.6 is 11.6 Å². The van der Waals surface area contributed by atoms with Crippen molar-refractivity contribution in [3.05, 3.63) is 81.9 Å². The van der Waals surface area contributed by atoms with Crippen LogP contribution < -0.4 is 4.74 Å². The number of aliphatic hydroxyl groups is 1. The van der Waals surface area contributed by atoms with Gasteiger partial charge >= 0.3 is 5.97 Å². The number of aliphatic hydroxyl groups excluding tert-OH is 1. The highest BCUT2D eigenvalue weighted by Gasteiger charge is 2.15. The molecule has 0 fully saturated rings. The Hall–Kier alpha value is -2.83. The lowest BCUT2D eigenvalue weighted by Crippen LogP contribution is -2.09. The Morgan fingerprint density at radius 3 is 2.37 bits per heavy atom. The van der Waals surface area contributed by atoms with Gasteiger partial charge in [0.25, 0.3) is 0 Å². The maximum absolute atomic E-state index is 10.9. The number of ether oxygens (including phenoxy) is 1. The predicted molar refractivity (Wildman–Crippen MR) is 115 cm³/mol. The van der Waals surface area contributed by atoms with Gasteiger partial charge in [-0.25, -0.2) is 9.78 Å². The Morgan fingerprint density at radius 2 is 1.77 bits per heavy atom. The monoisotopic (exact) mass is 428 g/mol. The number of nitrogens with zero attached hydrogens (tertiary/aromatic N) is 2. The molecule has 1 heterocycles. The minimum absolute atomic E-state index is 0.153. The first kappa shape index (κ1) is 21.9. The van der Waals surface area contributed by atoms with E-state index in [9.17, 15) is 9.90 Å². The number of carboxylic acids is 1. The van der Waals surface area contributed by atoms with E-state index in [2.05, 4.69) is 11.9 Å². The van der Waals surface area contributed by atoms with Gasteiger partial charge in [0.2, 0.25) is 0 Å². The number of aromatic nitrogens is 2. The molecule has 1 aromatic heterocycles. The highest BCUT2D eigenvalue weighted by Crippen LogP contribution is 2.22. The Bertz CT molecular complexity index is 982. The smallest absolute Gasteiger partial charge is 0.335 e. The van der Waals surface area contributed by atoms with Crippen LogP contribution in [-0.4, -0.2) is 25.7 Å². The number of carbonyl (C=O) groups is 1. The second kappa shape index (κ2) is 10.3. The first-order chi connectivity index (χ1) is 14.5. The Balaban J connectivity index is 1.65. The molecule has 30 heavy (non-hydrogen) atoms. The first-order valence-electron chi connectivity index (χ1n) is 9.90. The summed E-state index contributed by atoms with van der Waals surface area (Å²) in [7, 11) is 0. The van der Waals surface area contributed by atoms with E-state index in [1.54, 1.807) is 24.3 Å². The van der Waals surface area contributed by atoms with Gasteiger partial charge in [0.05, 0.1) is 17.9 Å². The van der Waals surface area contributed by atoms with Crippen LogP contribution in [-0.2, 0) is 26.2 Å². The maximum atomic E-state index is 10.9. The number of hydrogen-bond donors (Lipinski definition) is 2. The SMILES string of the molecule is CCCCc1nc(Cl)c(CO)n1Cc1ccc(OCc2ccc(C(=O)O)cc2)cc1. The van der Waals surface area contributed by atoms with Gasteiger partial charge in [-0.3, -0.25) is 0 Å². The first-order valence-corrected chi connectivity index (χ1v) is 10.3. The molecule has 0 aliphatic carbocycles. The van der Waals surface area contributed by atoms with Crippen LogP contribution in [0, 0.1) is 0 Å². The summed E-state index contributed by atoms with van der Waals surface area (Å²) in [5.41, 5.74) is 2.83. The van der Waals surface area contributed by atoms with Crippen molar-refractivity contribution in [3.63, 3.8) is 0 Å². The number of imidazole rings is 1. The number of carboxylic acid groups (broad SMARTS) is 1. The van der Waals surface area contributed by atoms with E-state index < -0.39 is 5.97 Å². The molecule has 7 heteroatoms. The van der Waals surface area contributed by atoms with Gasteiger partial charge in [0.15, 0.2) is 5.15 Å². The zero-order valence-electron chi connectivity index (χ0n) is 16.8. The summed E-state index contributed by atoms with van der Waals surface area (Å²) >= 11 is 6.20. The summed E-state index contributed by atoms with van der Waals surface area (Å²) in [4.78, 5) is 15.3. The van der Waals surface area contributed by atoms with Gasteiger partial charge in [0, 0.05) is 13.0 Å². The molecule has 2 aromatic carbocycles. The number of hydrogen-bond acceptors (Lipinski definition) is 4. The summed E-state index contributed by atoms with van der Waals surface area (Å²) in [5.74, 6) is 0.661. The molecule has 0 spiro atoms. The average molecular weight is 429 g/mol. The van der Waals surface area contributed by atoms with Gasteiger partial charge < -0.3 is 19.5 Å². The number of unbranched alkanes of at least 4 members (excludes halogenated alkanes) is 1. The van der Waals surface area contributed by atoms with Crippen LogP contribution in [0.5, 0.6) is 5.75 Å². The van der Waals surface area contributed by atoms with Crippen LogP contribution in [0.2, 0.25) is 5.15 Å². The molecule has 0 saturated carbocycles.